The van der Waals surface area contributed by atoms with E-state index in [0.717, 1.165) is 31.9 Å². The maximum Gasteiger partial charge on any atom is 0.260 e. The molecule has 128 valence electrons. The van der Waals surface area contributed by atoms with Crippen LogP contribution < -0.4 is 15.4 Å². The molecule has 0 radical (unpaired) electrons. The van der Waals surface area contributed by atoms with Crippen LogP contribution in [0.2, 0.25) is 0 Å². The van der Waals surface area contributed by atoms with Crippen molar-refractivity contribution >= 4 is 22.5 Å². The topological polar surface area (TPSA) is 67.2 Å². The zero-order chi connectivity index (χ0) is 17.4. The predicted octanol–water partition coefficient (Wildman–Crippen LogP) is 1.19. The first-order chi connectivity index (χ1) is 12.1. The normalized spacial score (nSPS) is 15.0. The third kappa shape index (κ3) is 2.90. The molecule has 1 aliphatic rings. The van der Waals surface area contributed by atoms with Crippen molar-refractivity contribution in [3.05, 3.63) is 53.1 Å². The number of halogens is 1. The van der Waals surface area contributed by atoms with Crippen molar-refractivity contribution in [1.29, 1.82) is 0 Å². The van der Waals surface area contributed by atoms with Gasteiger partial charge in [-0.1, -0.05) is 0 Å². The Labute approximate surface area is 143 Å². The lowest BCUT2D eigenvalue weighted by Gasteiger charge is -2.36. The first kappa shape index (κ1) is 15.5. The smallest absolute Gasteiger partial charge is 0.260 e. The quantitative estimate of drug-likeness (QED) is 0.698. The summed E-state index contributed by atoms with van der Waals surface area (Å²) >= 11 is 0. The standard InChI is InChI=1S/C17H17FN6O/c1-22-11-21-15-8-13(2-3-14(15)16(22)25)23-4-6-24(7-5-23)17-19-9-12(18)10-20-17/h2-3,8-11H,4-7H2,1H3. The van der Waals surface area contributed by atoms with Crippen molar-refractivity contribution in [3.8, 4) is 0 Å². The Morgan fingerprint density at radius 3 is 2.40 bits per heavy atom. The number of fused-ring (bicyclic) bond motifs is 1. The molecule has 1 aromatic carbocycles. The van der Waals surface area contributed by atoms with Gasteiger partial charge in [0.15, 0.2) is 5.82 Å². The SMILES string of the molecule is Cn1cnc2cc(N3CCN(c4ncc(F)cn4)CC3)ccc2c1=O. The third-order valence-electron chi connectivity index (χ3n) is 4.44. The largest absolute Gasteiger partial charge is 0.368 e. The van der Waals surface area contributed by atoms with Crippen molar-refractivity contribution in [2.45, 2.75) is 0 Å². The summed E-state index contributed by atoms with van der Waals surface area (Å²) in [6.45, 7) is 3.06. The molecule has 1 fully saturated rings. The number of rotatable bonds is 2. The molecular weight excluding hydrogens is 323 g/mol. The van der Waals surface area contributed by atoms with Crippen LogP contribution in [0.25, 0.3) is 10.9 Å². The van der Waals surface area contributed by atoms with Crippen LogP contribution in [0.4, 0.5) is 16.0 Å². The highest BCUT2D eigenvalue weighted by atomic mass is 19.1. The lowest BCUT2D eigenvalue weighted by atomic mass is 10.2. The third-order valence-corrected chi connectivity index (χ3v) is 4.44. The van der Waals surface area contributed by atoms with E-state index in [1.165, 1.54) is 23.3 Å². The molecule has 0 bridgehead atoms. The second kappa shape index (κ2) is 6.12. The van der Waals surface area contributed by atoms with E-state index in [2.05, 4.69) is 19.9 Å². The summed E-state index contributed by atoms with van der Waals surface area (Å²) in [5.74, 6) is 0.113. The molecule has 0 unspecified atom stereocenters. The van der Waals surface area contributed by atoms with Gasteiger partial charge in [0, 0.05) is 38.9 Å². The molecular formula is C17H17FN6O. The average Bonchev–Trinajstić information content (AvgIpc) is 2.65. The molecule has 0 aliphatic carbocycles. The molecule has 3 heterocycles. The summed E-state index contributed by atoms with van der Waals surface area (Å²) < 4.78 is 14.4. The molecule has 2 aromatic heterocycles. The van der Waals surface area contributed by atoms with E-state index in [-0.39, 0.29) is 5.56 Å². The predicted molar refractivity (Wildman–Crippen MR) is 93.4 cm³/mol. The van der Waals surface area contributed by atoms with Gasteiger partial charge in [0.2, 0.25) is 5.95 Å². The van der Waals surface area contributed by atoms with Crippen LogP contribution in [-0.2, 0) is 7.05 Å². The molecule has 8 heteroatoms. The lowest BCUT2D eigenvalue weighted by Crippen LogP contribution is -2.47. The van der Waals surface area contributed by atoms with Crippen LogP contribution >= 0.6 is 0 Å². The average molecular weight is 340 g/mol. The van der Waals surface area contributed by atoms with Gasteiger partial charge in [0.25, 0.3) is 5.56 Å². The highest BCUT2D eigenvalue weighted by Crippen LogP contribution is 2.21. The van der Waals surface area contributed by atoms with Crippen molar-refractivity contribution in [1.82, 2.24) is 19.5 Å². The maximum atomic E-state index is 12.9. The van der Waals surface area contributed by atoms with Gasteiger partial charge in [0.05, 0.1) is 29.6 Å². The molecule has 0 N–H and O–H groups in total. The number of aromatic nitrogens is 4. The zero-order valence-corrected chi connectivity index (χ0v) is 13.8. The fraction of sp³-hybridized carbons (Fsp3) is 0.294. The summed E-state index contributed by atoms with van der Waals surface area (Å²) in [6.07, 6.45) is 3.91. The van der Waals surface area contributed by atoms with E-state index in [4.69, 9.17) is 0 Å². The maximum absolute atomic E-state index is 12.9. The molecule has 4 rings (SSSR count). The molecule has 1 saturated heterocycles. The molecule has 0 spiro atoms. The van der Waals surface area contributed by atoms with Crippen LogP contribution in [0.5, 0.6) is 0 Å². The van der Waals surface area contributed by atoms with E-state index in [0.29, 0.717) is 16.9 Å². The number of nitrogens with zero attached hydrogens (tertiary/aromatic N) is 6. The first-order valence-corrected chi connectivity index (χ1v) is 8.05. The van der Waals surface area contributed by atoms with Gasteiger partial charge >= 0.3 is 0 Å². The number of anilines is 2. The summed E-state index contributed by atoms with van der Waals surface area (Å²) in [4.78, 5) is 28.8. The van der Waals surface area contributed by atoms with E-state index in [1.54, 1.807) is 7.05 Å². The van der Waals surface area contributed by atoms with Gasteiger partial charge in [-0.25, -0.2) is 19.3 Å². The Bertz CT molecular complexity index is 963. The molecule has 25 heavy (non-hydrogen) atoms. The van der Waals surface area contributed by atoms with Crippen LogP contribution in [0.3, 0.4) is 0 Å². The van der Waals surface area contributed by atoms with Crippen LogP contribution in [0.1, 0.15) is 0 Å². The Balaban J connectivity index is 1.52. The fourth-order valence-corrected chi connectivity index (χ4v) is 3.03. The summed E-state index contributed by atoms with van der Waals surface area (Å²) in [5.41, 5.74) is 1.69. The minimum absolute atomic E-state index is 0.0465. The highest BCUT2D eigenvalue weighted by molar-refractivity contribution is 5.81. The van der Waals surface area contributed by atoms with E-state index in [1.807, 2.05) is 23.1 Å². The van der Waals surface area contributed by atoms with Crippen molar-refractivity contribution in [2.24, 2.45) is 7.05 Å². The van der Waals surface area contributed by atoms with Crippen molar-refractivity contribution in [3.63, 3.8) is 0 Å². The first-order valence-electron chi connectivity index (χ1n) is 8.05. The monoisotopic (exact) mass is 340 g/mol. The van der Waals surface area contributed by atoms with Gasteiger partial charge in [-0.05, 0) is 18.2 Å². The van der Waals surface area contributed by atoms with Crippen molar-refractivity contribution in [2.75, 3.05) is 36.0 Å². The van der Waals surface area contributed by atoms with E-state index >= 15 is 0 Å². The Hall–Kier alpha value is -3.03. The van der Waals surface area contributed by atoms with E-state index in [9.17, 15) is 9.18 Å². The van der Waals surface area contributed by atoms with Gasteiger partial charge in [-0.15, -0.1) is 0 Å². The van der Waals surface area contributed by atoms with Gasteiger partial charge < -0.3 is 14.4 Å². The molecule has 1 aliphatic heterocycles. The van der Waals surface area contributed by atoms with Crippen molar-refractivity contribution < 1.29 is 4.39 Å². The zero-order valence-electron chi connectivity index (χ0n) is 13.8. The summed E-state index contributed by atoms with van der Waals surface area (Å²) in [6, 6.07) is 5.73. The van der Waals surface area contributed by atoms with E-state index < -0.39 is 5.82 Å². The summed E-state index contributed by atoms with van der Waals surface area (Å²) in [7, 11) is 1.69. The van der Waals surface area contributed by atoms with Gasteiger partial charge in [0.1, 0.15) is 0 Å². The minimum atomic E-state index is -0.433. The van der Waals surface area contributed by atoms with Crippen LogP contribution in [-0.4, -0.2) is 45.7 Å². The lowest BCUT2D eigenvalue weighted by molar-refractivity contribution is 0.602. The molecule has 7 nitrogen and oxygen atoms in total. The highest BCUT2D eigenvalue weighted by Gasteiger charge is 2.19. The second-order valence-electron chi connectivity index (χ2n) is 6.04. The number of hydrogen-bond donors (Lipinski definition) is 0. The molecule has 0 amide bonds. The minimum Gasteiger partial charge on any atom is -0.368 e. The van der Waals surface area contributed by atoms with Gasteiger partial charge in [-0.2, -0.15) is 0 Å². The van der Waals surface area contributed by atoms with Gasteiger partial charge in [-0.3, -0.25) is 4.79 Å². The Morgan fingerprint density at radius 1 is 1.00 bits per heavy atom. The van der Waals surface area contributed by atoms with Crippen LogP contribution in [0.15, 0.2) is 41.7 Å². The number of piperazine rings is 1. The Morgan fingerprint density at radius 2 is 1.68 bits per heavy atom. The molecule has 0 atom stereocenters. The molecule has 0 saturated carbocycles. The van der Waals surface area contributed by atoms with Crippen LogP contribution in [0, 0.1) is 5.82 Å². The Kier molecular flexibility index (Phi) is 3.79. The molecule has 3 aromatic rings. The number of hydrogen-bond acceptors (Lipinski definition) is 6. The number of aryl methyl sites for hydroxylation is 1. The summed E-state index contributed by atoms with van der Waals surface area (Å²) in [5, 5.41) is 0.618. The fourth-order valence-electron chi connectivity index (χ4n) is 3.03. The second-order valence-corrected chi connectivity index (χ2v) is 6.04. The number of benzene rings is 1.